The van der Waals surface area contributed by atoms with Crippen LogP contribution in [0.3, 0.4) is 0 Å². The number of thiophene rings is 1. The number of benzene rings is 2. The van der Waals surface area contributed by atoms with Gasteiger partial charge >= 0.3 is 0 Å². The van der Waals surface area contributed by atoms with E-state index in [1.54, 1.807) is 29.6 Å². The number of rotatable bonds is 5. The predicted octanol–water partition coefficient (Wildman–Crippen LogP) is 5.53. The summed E-state index contributed by atoms with van der Waals surface area (Å²) in [7, 11) is -3.94. The molecule has 0 saturated carbocycles. The minimum absolute atomic E-state index is 0.0109. The number of allylic oxidation sites excluding steroid dienone is 1. The molecule has 0 N–H and O–H groups in total. The molecular weight excluding hydrogens is 390 g/mol. The number of sulfone groups is 1. The fourth-order valence-electron chi connectivity index (χ4n) is 2.14. The van der Waals surface area contributed by atoms with Gasteiger partial charge in [-0.05, 0) is 53.9 Å². The van der Waals surface area contributed by atoms with Gasteiger partial charge in [-0.15, -0.1) is 11.3 Å². The van der Waals surface area contributed by atoms with E-state index in [0.29, 0.717) is 21.4 Å². The van der Waals surface area contributed by atoms with E-state index in [4.69, 9.17) is 16.3 Å². The molecule has 0 bridgehead atoms. The highest BCUT2D eigenvalue weighted by Crippen LogP contribution is 2.33. The van der Waals surface area contributed by atoms with E-state index in [2.05, 4.69) is 0 Å². The first-order valence-corrected chi connectivity index (χ1v) is 10.2. The first kappa shape index (κ1) is 18.2. The topological polar surface area (TPSA) is 67.2 Å². The molecule has 0 aliphatic heterocycles. The van der Waals surface area contributed by atoms with Crippen LogP contribution < -0.4 is 4.74 Å². The van der Waals surface area contributed by atoms with E-state index in [-0.39, 0.29) is 9.80 Å². The highest BCUT2D eigenvalue weighted by atomic mass is 35.5. The largest absolute Gasteiger partial charge is 0.456 e. The van der Waals surface area contributed by atoms with Gasteiger partial charge in [-0.2, -0.15) is 5.26 Å². The van der Waals surface area contributed by atoms with E-state index >= 15 is 0 Å². The lowest BCUT2D eigenvalue weighted by Gasteiger charge is -2.06. The van der Waals surface area contributed by atoms with Crippen LogP contribution in [0.25, 0.3) is 6.08 Å². The second-order valence-electron chi connectivity index (χ2n) is 5.14. The zero-order valence-electron chi connectivity index (χ0n) is 13.3. The Kier molecular flexibility index (Phi) is 5.43. The molecule has 0 spiro atoms. The summed E-state index contributed by atoms with van der Waals surface area (Å²) in [6, 6.07) is 18.3. The van der Waals surface area contributed by atoms with Crippen LogP contribution in [0.1, 0.15) is 4.88 Å². The van der Waals surface area contributed by atoms with E-state index in [1.807, 2.05) is 18.2 Å². The molecule has 1 heterocycles. The molecule has 3 rings (SSSR count). The molecule has 0 aliphatic rings. The molecule has 4 nitrogen and oxygen atoms in total. The number of hydrogen-bond donors (Lipinski definition) is 0. The van der Waals surface area contributed by atoms with Gasteiger partial charge in [-0.25, -0.2) is 8.42 Å². The van der Waals surface area contributed by atoms with Gasteiger partial charge < -0.3 is 4.74 Å². The van der Waals surface area contributed by atoms with E-state index in [9.17, 15) is 13.7 Å². The van der Waals surface area contributed by atoms with Crippen molar-refractivity contribution in [2.75, 3.05) is 0 Å². The van der Waals surface area contributed by atoms with Crippen LogP contribution in [0.4, 0.5) is 0 Å². The van der Waals surface area contributed by atoms with Gasteiger partial charge in [0.15, 0.2) is 4.91 Å². The van der Waals surface area contributed by atoms with Crippen molar-refractivity contribution in [2.24, 2.45) is 0 Å². The van der Waals surface area contributed by atoms with Crippen LogP contribution >= 0.6 is 22.9 Å². The summed E-state index contributed by atoms with van der Waals surface area (Å²) in [4.78, 5) is 0.194. The zero-order valence-corrected chi connectivity index (χ0v) is 15.7. The molecule has 0 aliphatic carbocycles. The molecule has 130 valence electrons. The summed E-state index contributed by atoms with van der Waals surface area (Å²) >= 11 is 7.09. The molecule has 0 saturated heterocycles. The van der Waals surface area contributed by atoms with Gasteiger partial charge in [0.25, 0.3) is 0 Å². The molecule has 3 aromatic rings. The fraction of sp³-hybridized carbons (Fsp3) is 0. The summed E-state index contributed by atoms with van der Waals surface area (Å²) in [6.45, 7) is 0. The van der Waals surface area contributed by atoms with Crippen LogP contribution in [0, 0.1) is 11.3 Å². The Hall–Kier alpha value is -2.59. The Morgan fingerprint density at radius 1 is 1.08 bits per heavy atom. The number of halogens is 1. The van der Waals surface area contributed by atoms with Crippen LogP contribution in [-0.4, -0.2) is 8.42 Å². The van der Waals surface area contributed by atoms with Crippen molar-refractivity contribution in [2.45, 2.75) is 4.90 Å². The third-order valence-corrected chi connectivity index (χ3v) is 6.19. The molecule has 1 aromatic heterocycles. The minimum Gasteiger partial charge on any atom is -0.456 e. The lowest BCUT2D eigenvalue weighted by atomic mass is 10.3. The number of hydrogen-bond acceptors (Lipinski definition) is 5. The Labute approximate surface area is 160 Å². The van der Waals surface area contributed by atoms with Crippen molar-refractivity contribution in [3.63, 3.8) is 0 Å². The highest BCUT2D eigenvalue weighted by molar-refractivity contribution is 7.95. The van der Waals surface area contributed by atoms with Gasteiger partial charge in [-0.1, -0.05) is 29.8 Å². The minimum atomic E-state index is -3.94. The molecule has 0 fully saturated rings. The van der Waals surface area contributed by atoms with Crippen molar-refractivity contribution < 1.29 is 13.2 Å². The summed E-state index contributed by atoms with van der Waals surface area (Å²) in [5.41, 5.74) is 0. The quantitative estimate of drug-likeness (QED) is 0.527. The molecule has 0 radical (unpaired) electrons. The van der Waals surface area contributed by atoms with Crippen molar-refractivity contribution in [1.29, 1.82) is 5.26 Å². The van der Waals surface area contributed by atoms with E-state index in [1.165, 1.54) is 41.7 Å². The highest BCUT2D eigenvalue weighted by Gasteiger charge is 2.21. The second kappa shape index (κ2) is 7.75. The van der Waals surface area contributed by atoms with Gasteiger partial charge in [-0.3, -0.25) is 0 Å². The van der Waals surface area contributed by atoms with Crippen LogP contribution in [-0.2, 0) is 9.84 Å². The van der Waals surface area contributed by atoms with E-state index < -0.39 is 9.84 Å². The molecule has 2 aromatic carbocycles. The molecule has 7 heteroatoms. The van der Waals surface area contributed by atoms with Gasteiger partial charge in [0.1, 0.15) is 17.6 Å². The average Bonchev–Trinajstić information content (AvgIpc) is 3.07. The molecule has 26 heavy (non-hydrogen) atoms. The standard InChI is InChI=1S/C19H12ClNO3S2/c20-14-6-8-16(9-7-14)26(22,23)17(13-21)12-19-18(10-11-25-19)24-15-4-2-1-3-5-15/h1-12H. The maximum absolute atomic E-state index is 12.7. The van der Waals surface area contributed by atoms with Crippen molar-refractivity contribution >= 4 is 38.9 Å². The first-order valence-electron chi connectivity index (χ1n) is 7.43. The monoisotopic (exact) mass is 401 g/mol. The molecule has 0 atom stereocenters. The number of para-hydroxylation sites is 1. The Morgan fingerprint density at radius 3 is 2.42 bits per heavy atom. The van der Waals surface area contributed by atoms with Gasteiger partial charge in [0.2, 0.25) is 9.84 Å². The maximum atomic E-state index is 12.7. The molecular formula is C19H12ClNO3S2. The van der Waals surface area contributed by atoms with Gasteiger partial charge in [0, 0.05) is 5.02 Å². The van der Waals surface area contributed by atoms with Crippen LogP contribution in [0.15, 0.2) is 75.8 Å². The Balaban J connectivity index is 1.97. The number of ether oxygens (including phenoxy) is 1. The van der Waals surface area contributed by atoms with Gasteiger partial charge in [0.05, 0.1) is 9.77 Å². The lowest BCUT2D eigenvalue weighted by Crippen LogP contribution is -2.03. The normalized spacial score (nSPS) is 11.8. The number of nitrogens with zero attached hydrogens (tertiary/aromatic N) is 1. The van der Waals surface area contributed by atoms with Crippen LogP contribution in [0.5, 0.6) is 11.5 Å². The Morgan fingerprint density at radius 2 is 1.77 bits per heavy atom. The summed E-state index contributed by atoms with van der Waals surface area (Å²) < 4.78 is 31.2. The first-order chi connectivity index (χ1) is 12.5. The summed E-state index contributed by atoms with van der Waals surface area (Å²) in [5, 5.41) is 11.6. The average molecular weight is 402 g/mol. The van der Waals surface area contributed by atoms with Crippen molar-refractivity contribution in [1.82, 2.24) is 0 Å². The fourth-order valence-corrected chi connectivity index (χ4v) is 4.24. The summed E-state index contributed by atoms with van der Waals surface area (Å²) in [6.07, 6.45) is 1.33. The SMILES string of the molecule is N#CC(=Cc1sccc1Oc1ccccc1)S(=O)(=O)c1ccc(Cl)cc1. The maximum Gasteiger partial charge on any atom is 0.216 e. The molecule has 0 unspecified atom stereocenters. The summed E-state index contributed by atoms with van der Waals surface area (Å²) in [5.74, 6) is 1.11. The zero-order chi connectivity index (χ0) is 18.6. The van der Waals surface area contributed by atoms with E-state index in [0.717, 1.165) is 0 Å². The predicted molar refractivity (Wildman–Crippen MR) is 103 cm³/mol. The molecule has 0 amide bonds. The number of nitriles is 1. The van der Waals surface area contributed by atoms with Crippen LogP contribution in [0.2, 0.25) is 5.02 Å². The third kappa shape index (κ3) is 3.97. The smallest absolute Gasteiger partial charge is 0.216 e. The third-order valence-electron chi connectivity index (χ3n) is 3.41. The Bertz CT molecular complexity index is 1080. The lowest BCUT2D eigenvalue weighted by molar-refractivity contribution is 0.484. The van der Waals surface area contributed by atoms with Crippen molar-refractivity contribution in [3.8, 4) is 17.6 Å². The second-order valence-corrected chi connectivity index (χ2v) is 8.44. The van der Waals surface area contributed by atoms with Crippen molar-refractivity contribution in [3.05, 3.63) is 80.8 Å².